The fourth-order valence-corrected chi connectivity index (χ4v) is 3.07. The van der Waals surface area contributed by atoms with E-state index >= 15 is 0 Å². The average Bonchev–Trinajstić information content (AvgIpc) is 3.42. The van der Waals surface area contributed by atoms with Gasteiger partial charge in [0.05, 0.1) is 0 Å². The minimum absolute atomic E-state index is 0.139. The number of nitrogens with one attached hydrogen (secondary N) is 2. The minimum Gasteiger partial charge on any atom is -0.451 e. The van der Waals surface area contributed by atoms with Crippen molar-refractivity contribution in [2.24, 2.45) is 0 Å². The number of rotatable bonds is 5. The summed E-state index contributed by atoms with van der Waals surface area (Å²) >= 11 is 0. The molecule has 2 heterocycles. The third kappa shape index (κ3) is 4.52. The van der Waals surface area contributed by atoms with Crippen LogP contribution in [0.15, 0.2) is 65.1 Å². The maximum absolute atomic E-state index is 13.0. The normalized spacial score (nSPS) is 15.8. The highest BCUT2D eigenvalue weighted by molar-refractivity contribution is 6.02. The SMILES string of the molecule is O=C(Nc1ccc(NC(=O)C2CCCO2)cc1)c1ccc(-c2ccc(F)cc2)o1. The molecule has 1 saturated heterocycles. The van der Waals surface area contributed by atoms with E-state index in [2.05, 4.69) is 10.6 Å². The standard InChI is InChI=1S/C22H19FN2O4/c23-15-5-3-14(4-6-15)18-11-12-20(29-18)22(27)25-17-9-7-16(8-10-17)24-21(26)19-2-1-13-28-19/h3-12,19H,1-2,13H2,(H,24,26)(H,25,27). The van der Waals surface area contributed by atoms with E-state index in [0.29, 0.717) is 29.3 Å². The molecule has 2 amide bonds. The summed E-state index contributed by atoms with van der Waals surface area (Å²) in [5.41, 5.74) is 1.86. The summed E-state index contributed by atoms with van der Waals surface area (Å²) < 4.78 is 24.0. The Morgan fingerprint density at radius 2 is 1.59 bits per heavy atom. The first-order valence-corrected chi connectivity index (χ1v) is 9.28. The number of carbonyl (C=O) groups excluding carboxylic acids is 2. The highest BCUT2D eigenvalue weighted by atomic mass is 19.1. The third-order valence-electron chi connectivity index (χ3n) is 4.59. The van der Waals surface area contributed by atoms with Gasteiger partial charge in [-0.15, -0.1) is 0 Å². The lowest BCUT2D eigenvalue weighted by atomic mass is 10.2. The van der Waals surface area contributed by atoms with E-state index < -0.39 is 12.0 Å². The van der Waals surface area contributed by atoms with Crippen LogP contribution in [-0.4, -0.2) is 24.5 Å². The van der Waals surface area contributed by atoms with Crippen molar-refractivity contribution in [3.8, 4) is 11.3 Å². The molecule has 29 heavy (non-hydrogen) atoms. The minimum atomic E-state index is -0.408. The van der Waals surface area contributed by atoms with Crippen molar-refractivity contribution < 1.29 is 23.1 Å². The van der Waals surface area contributed by atoms with Gasteiger partial charge >= 0.3 is 0 Å². The molecule has 0 bridgehead atoms. The van der Waals surface area contributed by atoms with Gasteiger partial charge in [-0.1, -0.05) is 0 Å². The topological polar surface area (TPSA) is 80.6 Å². The number of anilines is 2. The molecular weight excluding hydrogens is 375 g/mol. The van der Waals surface area contributed by atoms with E-state index in [0.717, 1.165) is 12.8 Å². The predicted octanol–water partition coefficient (Wildman–Crippen LogP) is 4.46. The van der Waals surface area contributed by atoms with Crippen LogP contribution in [0.4, 0.5) is 15.8 Å². The Bertz CT molecular complexity index is 1010. The number of hydrogen-bond donors (Lipinski definition) is 2. The Morgan fingerprint density at radius 1 is 0.897 bits per heavy atom. The lowest BCUT2D eigenvalue weighted by molar-refractivity contribution is -0.124. The van der Waals surface area contributed by atoms with Crippen LogP contribution in [-0.2, 0) is 9.53 Å². The average molecular weight is 394 g/mol. The molecule has 1 aliphatic heterocycles. The van der Waals surface area contributed by atoms with Gasteiger partial charge in [-0.2, -0.15) is 0 Å². The predicted molar refractivity (Wildman–Crippen MR) is 106 cm³/mol. The molecule has 3 aromatic rings. The van der Waals surface area contributed by atoms with Gasteiger partial charge in [0.25, 0.3) is 11.8 Å². The zero-order valence-corrected chi connectivity index (χ0v) is 15.5. The summed E-state index contributed by atoms with van der Waals surface area (Å²) in [7, 11) is 0. The molecule has 1 aromatic heterocycles. The Balaban J connectivity index is 1.37. The second kappa shape index (κ2) is 8.28. The molecule has 1 atom stereocenters. The summed E-state index contributed by atoms with van der Waals surface area (Å²) in [5.74, 6) is -0.297. The fraction of sp³-hybridized carbons (Fsp3) is 0.182. The van der Waals surface area contributed by atoms with Gasteiger partial charge in [0.15, 0.2) is 5.76 Å². The van der Waals surface area contributed by atoms with Gasteiger partial charge < -0.3 is 19.8 Å². The number of benzene rings is 2. The molecule has 7 heteroatoms. The van der Waals surface area contributed by atoms with Crippen molar-refractivity contribution in [1.29, 1.82) is 0 Å². The molecule has 0 spiro atoms. The Morgan fingerprint density at radius 3 is 2.24 bits per heavy atom. The van der Waals surface area contributed by atoms with Crippen molar-refractivity contribution in [2.45, 2.75) is 18.9 Å². The molecule has 4 rings (SSSR count). The zero-order chi connectivity index (χ0) is 20.2. The molecule has 0 radical (unpaired) electrons. The van der Waals surface area contributed by atoms with Crippen molar-refractivity contribution in [3.05, 3.63) is 72.2 Å². The third-order valence-corrected chi connectivity index (χ3v) is 4.59. The van der Waals surface area contributed by atoms with Crippen molar-refractivity contribution in [1.82, 2.24) is 0 Å². The Labute approximate surface area is 166 Å². The quantitative estimate of drug-likeness (QED) is 0.670. The van der Waals surface area contributed by atoms with Gasteiger partial charge in [-0.25, -0.2) is 4.39 Å². The van der Waals surface area contributed by atoms with Crippen LogP contribution in [0.25, 0.3) is 11.3 Å². The van der Waals surface area contributed by atoms with Crippen LogP contribution in [0.2, 0.25) is 0 Å². The van der Waals surface area contributed by atoms with Crippen molar-refractivity contribution in [2.75, 3.05) is 17.2 Å². The van der Waals surface area contributed by atoms with Gasteiger partial charge in [-0.3, -0.25) is 9.59 Å². The van der Waals surface area contributed by atoms with E-state index in [9.17, 15) is 14.0 Å². The molecule has 6 nitrogen and oxygen atoms in total. The van der Waals surface area contributed by atoms with E-state index in [-0.39, 0.29) is 17.5 Å². The summed E-state index contributed by atoms with van der Waals surface area (Å²) in [6.45, 7) is 0.610. The maximum atomic E-state index is 13.0. The highest BCUT2D eigenvalue weighted by Gasteiger charge is 2.23. The number of ether oxygens (including phenoxy) is 1. The molecule has 148 valence electrons. The smallest absolute Gasteiger partial charge is 0.291 e. The molecule has 0 aliphatic carbocycles. The van der Waals surface area contributed by atoms with Crippen LogP contribution in [0.5, 0.6) is 0 Å². The van der Waals surface area contributed by atoms with Crippen LogP contribution in [0, 0.1) is 5.82 Å². The Hall–Kier alpha value is -3.45. The second-order valence-corrected chi connectivity index (χ2v) is 6.69. The summed E-state index contributed by atoms with van der Waals surface area (Å²) in [5, 5.41) is 5.54. The lowest BCUT2D eigenvalue weighted by Gasteiger charge is -2.11. The number of halogens is 1. The summed E-state index contributed by atoms with van der Waals surface area (Å²) in [4.78, 5) is 24.5. The number of amides is 2. The van der Waals surface area contributed by atoms with Gasteiger partial charge in [0.1, 0.15) is 17.7 Å². The molecule has 1 aliphatic rings. The van der Waals surface area contributed by atoms with Gasteiger partial charge in [0, 0.05) is 23.5 Å². The molecule has 1 fully saturated rings. The number of hydrogen-bond acceptors (Lipinski definition) is 4. The van der Waals surface area contributed by atoms with Crippen molar-refractivity contribution >= 4 is 23.2 Å². The first kappa shape index (κ1) is 18.9. The number of furan rings is 1. The molecular formula is C22H19FN2O4. The first-order valence-electron chi connectivity index (χ1n) is 9.28. The summed E-state index contributed by atoms with van der Waals surface area (Å²) in [6.07, 6.45) is 1.21. The van der Waals surface area contributed by atoms with Crippen LogP contribution in [0.1, 0.15) is 23.4 Å². The van der Waals surface area contributed by atoms with E-state index in [1.165, 1.54) is 12.1 Å². The fourth-order valence-electron chi connectivity index (χ4n) is 3.07. The van der Waals surface area contributed by atoms with Gasteiger partial charge in [-0.05, 0) is 73.5 Å². The number of carbonyl (C=O) groups is 2. The largest absolute Gasteiger partial charge is 0.451 e. The van der Waals surface area contributed by atoms with Crippen LogP contribution in [0.3, 0.4) is 0 Å². The van der Waals surface area contributed by atoms with Crippen LogP contribution < -0.4 is 10.6 Å². The Kier molecular flexibility index (Phi) is 5.39. The van der Waals surface area contributed by atoms with E-state index in [4.69, 9.17) is 9.15 Å². The van der Waals surface area contributed by atoms with Crippen LogP contribution >= 0.6 is 0 Å². The van der Waals surface area contributed by atoms with Crippen molar-refractivity contribution in [3.63, 3.8) is 0 Å². The monoisotopic (exact) mass is 394 g/mol. The maximum Gasteiger partial charge on any atom is 0.291 e. The molecule has 0 saturated carbocycles. The van der Waals surface area contributed by atoms with Gasteiger partial charge in [0.2, 0.25) is 0 Å². The lowest BCUT2D eigenvalue weighted by Crippen LogP contribution is -2.26. The zero-order valence-electron chi connectivity index (χ0n) is 15.5. The summed E-state index contributed by atoms with van der Waals surface area (Å²) in [6, 6.07) is 15.8. The van der Waals surface area contributed by atoms with E-state index in [1.807, 2.05) is 0 Å². The second-order valence-electron chi connectivity index (χ2n) is 6.69. The molecule has 2 N–H and O–H groups in total. The van der Waals surface area contributed by atoms with E-state index in [1.54, 1.807) is 48.5 Å². The molecule has 2 aromatic carbocycles. The highest BCUT2D eigenvalue weighted by Crippen LogP contribution is 2.23. The molecule has 1 unspecified atom stereocenters. The first-order chi connectivity index (χ1) is 14.1.